The Hall–Kier alpha value is -2.04. The van der Waals surface area contributed by atoms with Gasteiger partial charge in [-0.1, -0.05) is 32.3 Å². The summed E-state index contributed by atoms with van der Waals surface area (Å²) < 4.78 is 5.50. The first-order chi connectivity index (χ1) is 10.7. The topological polar surface area (TPSA) is 67.4 Å². The smallest absolute Gasteiger partial charge is 0.258 e. The van der Waals surface area contributed by atoms with Crippen LogP contribution in [0.4, 0.5) is 5.69 Å². The van der Waals surface area contributed by atoms with E-state index >= 15 is 0 Å². The highest BCUT2D eigenvalue weighted by atomic mass is 16.5. The molecule has 5 heteroatoms. The Morgan fingerprint density at radius 3 is 2.68 bits per heavy atom. The number of benzene rings is 1. The lowest BCUT2D eigenvalue weighted by Gasteiger charge is -2.22. The molecule has 2 rings (SSSR count). The lowest BCUT2D eigenvalue weighted by molar-refractivity contribution is -0.124. The van der Waals surface area contributed by atoms with Gasteiger partial charge in [-0.05, 0) is 25.0 Å². The van der Waals surface area contributed by atoms with Crippen molar-refractivity contribution in [3.05, 3.63) is 24.3 Å². The quantitative estimate of drug-likeness (QED) is 0.849. The molecule has 1 fully saturated rings. The third kappa shape index (κ3) is 5.39. The van der Waals surface area contributed by atoms with Gasteiger partial charge < -0.3 is 15.4 Å². The van der Waals surface area contributed by atoms with E-state index in [2.05, 4.69) is 10.6 Å². The molecular formula is C17H24N2O3. The summed E-state index contributed by atoms with van der Waals surface area (Å²) in [5.41, 5.74) is 0.678. The second kappa shape index (κ2) is 8.41. The highest BCUT2D eigenvalue weighted by molar-refractivity contribution is 5.90. The van der Waals surface area contributed by atoms with Crippen molar-refractivity contribution in [2.45, 2.75) is 51.5 Å². The van der Waals surface area contributed by atoms with Crippen molar-refractivity contribution >= 4 is 17.5 Å². The van der Waals surface area contributed by atoms with Crippen molar-refractivity contribution < 1.29 is 14.3 Å². The summed E-state index contributed by atoms with van der Waals surface area (Å²) >= 11 is 0. The van der Waals surface area contributed by atoms with Gasteiger partial charge in [-0.25, -0.2) is 0 Å². The fourth-order valence-electron chi connectivity index (χ4n) is 2.58. The van der Waals surface area contributed by atoms with Crippen molar-refractivity contribution in [2.24, 2.45) is 0 Å². The maximum Gasteiger partial charge on any atom is 0.258 e. The van der Waals surface area contributed by atoms with Gasteiger partial charge in [-0.3, -0.25) is 9.59 Å². The van der Waals surface area contributed by atoms with Gasteiger partial charge in [0, 0.05) is 24.2 Å². The van der Waals surface area contributed by atoms with Gasteiger partial charge >= 0.3 is 0 Å². The van der Waals surface area contributed by atoms with Crippen LogP contribution in [-0.2, 0) is 9.59 Å². The minimum atomic E-state index is -0.0881. The zero-order valence-electron chi connectivity index (χ0n) is 13.1. The lowest BCUT2D eigenvalue weighted by Crippen LogP contribution is -2.38. The van der Waals surface area contributed by atoms with Crippen LogP contribution >= 0.6 is 0 Å². The molecule has 0 atom stereocenters. The van der Waals surface area contributed by atoms with Crippen molar-refractivity contribution in [1.29, 1.82) is 0 Å². The Bertz CT molecular complexity index is 510. The van der Waals surface area contributed by atoms with Crippen LogP contribution in [0.1, 0.15) is 45.4 Å². The largest absolute Gasteiger partial charge is 0.484 e. The molecule has 0 aliphatic heterocycles. The summed E-state index contributed by atoms with van der Waals surface area (Å²) in [6.45, 7) is 1.80. The predicted molar refractivity (Wildman–Crippen MR) is 85.9 cm³/mol. The van der Waals surface area contributed by atoms with Crippen LogP contribution in [0.25, 0.3) is 0 Å². The Balaban J connectivity index is 1.79. The average Bonchev–Trinajstić information content (AvgIpc) is 2.54. The maximum atomic E-state index is 11.9. The second-order valence-corrected chi connectivity index (χ2v) is 5.62. The van der Waals surface area contributed by atoms with Crippen molar-refractivity contribution in [1.82, 2.24) is 5.32 Å². The Kier molecular flexibility index (Phi) is 6.25. The number of rotatable bonds is 6. The SMILES string of the molecule is CCC(=O)Nc1cccc(OCC(=O)NC2CCCCC2)c1. The summed E-state index contributed by atoms with van der Waals surface area (Å²) in [5, 5.41) is 5.78. The van der Waals surface area contributed by atoms with Gasteiger partial charge in [0.1, 0.15) is 5.75 Å². The van der Waals surface area contributed by atoms with E-state index in [1.54, 1.807) is 31.2 Å². The van der Waals surface area contributed by atoms with Crippen LogP contribution in [0.3, 0.4) is 0 Å². The number of nitrogens with one attached hydrogen (secondary N) is 2. The van der Waals surface area contributed by atoms with Gasteiger partial charge in [0.15, 0.2) is 6.61 Å². The summed E-state index contributed by atoms with van der Waals surface area (Å²) in [7, 11) is 0. The van der Waals surface area contributed by atoms with E-state index in [9.17, 15) is 9.59 Å². The molecule has 0 saturated heterocycles. The molecule has 0 unspecified atom stereocenters. The van der Waals surface area contributed by atoms with Crippen LogP contribution in [0.15, 0.2) is 24.3 Å². The predicted octanol–water partition coefficient (Wildman–Crippen LogP) is 2.86. The molecule has 0 radical (unpaired) electrons. The first kappa shape index (κ1) is 16.3. The molecule has 0 bridgehead atoms. The highest BCUT2D eigenvalue weighted by Crippen LogP contribution is 2.18. The molecule has 22 heavy (non-hydrogen) atoms. The van der Waals surface area contributed by atoms with Crippen molar-refractivity contribution in [3.8, 4) is 5.75 Å². The van der Waals surface area contributed by atoms with E-state index in [0.29, 0.717) is 23.9 Å². The molecule has 1 aromatic carbocycles. The van der Waals surface area contributed by atoms with Crippen molar-refractivity contribution in [3.63, 3.8) is 0 Å². The van der Waals surface area contributed by atoms with E-state index in [1.165, 1.54) is 19.3 Å². The number of ether oxygens (including phenoxy) is 1. The first-order valence-electron chi connectivity index (χ1n) is 7.99. The molecule has 0 aromatic heterocycles. The van der Waals surface area contributed by atoms with E-state index in [1.807, 2.05) is 0 Å². The van der Waals surface area contributed by atoms with E-state index < -0.39 is 0 Å². The number of hydrogen-bond donors (Lipinski definition) is 2. The fourth-order valence-corrected chi connectivity index (χ4v) is 2.58. The zero-order valence-corrected chi connectivity index (χ0v) is 13.1. The van der Waals surface area contributed by atoms with Gasteiger partial charge in [0.05, 0.1) is 0 Å². The van der Waals surface area contributed by atoms with Crippen LogP contribution in [0, 0.1) is 0 Å². The van der Waals surface area contributed by atoms with Crippen LogP contribution < -0.4 is 15.4 Å². The van der Waals surface area contributed by atoms with Gasteiger partial charge in [0.2, 0.25) is 5.91 Å². The molecule has 1 aliphatic carbocycles. The molecule has 0 spiro atoms. The molecular weight excluding hydrogens is 280 g/mol. The zero-order chi connectivity index (χ0) is 15.8. The van der Waals surface area contributed by atoms with E-state index in [0.717, 1.165) is 12.8 Å². The van der Waals surface area contributed by atoms with Crippen molar-refractivity contribution in [2.75, 3.05) is 11.9 Å². The summed E-state index contributed by atoms with van der Waals surface area (Å²) in [4.78, 5) is 23.3. The van der Waals surface area contributed by atoms with Crippen LogP contribution in [0.5, 0.6) is 5.75 Å². The van der Waals surface area contributed by atoms with Gasteiger partial charge in [-0.2, -0.15) is 0 Å². The lowest BCUT2D eigenvalue weighted by atomic mass is 9.95. The average molecular weight is 304 g/mol. The second-order valence-electron chi connectivity index (χ2n) is 5.62. The summed E-state index contributed by atoms with van der Waals surface area (Å²) in [6.07, 6.45) is 6.18. The highest BCUT2D eigenvalue weighted by Gasteiger charge is 2.15. The summed E-state index contributed by atoms with van der Waals surface area (Å²) in [6, 6.07) is 7.37. The Morgan fingerprint density at radius 2 is 1.95 bits per heavy atom. The number of anilines is 1. The maximum absolute atomic E-state index is 11.9. The molecule has 1 saturated carbocycles. The molecule has 2 N–H and O–H groups in total. The third-order valence-corrected chi connectivity index (χ3v) is 3.78. The van der Waals surface area contributed by atoms with Gasteiger partial charge in [0.25, 0.3) is 5.91 Å². The van der Waals surface area contributed by atoms with Crippen LogP contribution in [0.2, 0.25) is 0 Å². The minimum absolute atomic E-state index is 0.00166. The standard InChI is InChI=1S/C17H24N2O3/c1-2-16(20)19-14-9-6-10-15(11-14)22-12-17(21)18-13-7-4-3-5-8-13/h6,9-11,13H,2-5,7-8,12H2,1H3,(H,18,21)(H,19,20). The van der Waals surface area contributed by atoms with E-state index in [-0.39, 0.29) is 18.4 Å². The Labute approximate surface area is 131 Å². The molecule has 1 aliphatic rings. The van der Waals surface area contributed by atoms with Crippen LogP contribution in [-0.4, -0.2) is 24.5 Å². The number of amides is 2. The molecule has 2 amide bonds. The summed E-state index contributed by atoms with van der Waals surface area (Å²) in [5.74, 6) is 0.440. The molecule has 0 heterocycles. The number of carbonyl (C=O) groups is 2. The number of carbonyl (C=O) groups excluding carboxylic acids is 2. The minimum Gasteiger partial charge on any atom is -0.484 e. The number of hydrogen-bond acceptors (Lipinski definition) is 3. The molecule has 5 nitrogen and oxygen atoms in total. The first-order valence-corrected chi connectivity index (χ1v) is 7.99. The molecule has 1 aromatic rings. The van der Waals surface area contributed by atoms with Gasteiger partial charge in [-0.15, -0.1) is 0 Å². The monoisotopic (exact) mass is 304 g/mol. The molecule has 120 valence electrons. The Morgan fingerprint density at radius 1 is 1.18 bits per heavy atom. The normalized spacial score (nSPS) is 15.1. The van der Waals surface area contributed by atoms with E-state index in [4.69, 9.17) is 4.74 Å². The third-order valence-electron chi connectivity index (χ3n) is 3.78. The fraction of sp³-hybridized carbons (Fsp3) is 0.529.